The van der Waals surface area contributed by atoms with Gasteiger partial charge in [-0.25, -0.2) is 4.79 Å². The SMILES string of the molecule is CCCCCCCCCCCCCCCCCCCCCCCC(=O)OC(CCCCCCC)CCCCCCC(=O)NCC(=O)NC(CO)C(=O)O. The molecule has 0 aliphatic carbocycles. The van der Waals surface area contributed by atoms with Crippen molar-refractivity contribution in [3.8, 4) is 0 Å². The normalized spacial score (nSPS) is 12.4. The molecular formula is C44H84N2O7. The number of unbranched alkanes of at least 4 members (excludes halogenated alkanes) is 27. The van der Waals surface area contributed by atoms with E-state index in [9.17, 15) is 19.2 Å². The molecule has 312 valence electrons. The second-order valence-electron chi connectivity index (χ2n) is 15.5. The van der Waals surface area contributed by atoms with Crippen molar-refractivity contribution in [3.05, 3.63) is 0 Å². The number of esters is 1. The van der Waals surface area contributed by atoms with Crippen LogP contribution in [0.4, 0.5) is 0 Å². The van der Waals surface area contributed by atoms with Crippen LogP contribution < -0.4 is 10.6 Å². The first-order valence-corrected chi connectivity index (χ1v) is 22.4. The van der Waals surface area contributed by atoms with Gasteiger partial charge in [0.05, 0.1) is 13.2 Å². The van der Waals surface area contributed by atoms with Crippen LogP contribution in [0.2, 0.25) is 0 Å². The number of rotatable bonds is 41. The second kappa shape index (κ2) is 39.5. The largest absolute Gasteiger partial charge is 0.480 e. The topological polar surface area (TPSA) is 142 Å². The molecule has 0 aliphatic heterocycles. The number of ether oxygens (including phenoxy) is 1. The lowest BCUT2D eigenvalue weighted by molar-refractivity contribution is -0.150. The highest BCUT2D eigenvalue weighted by molar-refractivity contribution is 5.87. The fourth-order valence-electron chi connectivity index (χ4n) is 6.89. The summed E-state index contributed by atoms with van der Waals surface area (Å²) in [6.07, 6.45) is 40.2. The predicted molar refractivity (Wildman–Crippen MR) is 218 cm³/mol. The third-order valence-electron chi connectivity index (χ3n) is 10.4. The summed E-state index contributed by atoms with van der Waals surface area (Å²) in [4.78, 5) is 47.4. The van der Waals surface area contributed by atoms with E-state index in [1.165, 1.54) is 148 Å². The van der Waals surface area contributed by atoms with Gasteiger partial charge in [0.25, 0.3) is 0 Å². The zero-order chi connectivity index (χ0) is 39.0. The van der Waals surface area contributed by atoms with Gasteiger partial charge in [-0.1, -0.05) is 181 Å². The number of aliphatic hydroxyl groups is 1. The van der Waals surface area contributed by atoms with Crippen molar-refractivity contribution in [1.29, 1.82) is 0 Å². The average Bonchev–Trinajstić information content (AvgIpc) is 3.14. The van der Waals surface area contributed by atoms with Crippen LogP contribution in [0.15, 0.2) is 0 Å². The second-order valence-corrected chi connectivity index (χ2v) is 15.5. The van der Waals surface area contributed by atoms with Crippen molar-refractivity contribution in [2.45, 2.75) is 244 Å². The molecule has 0 aromatic heterocycles. The number of hydrogen-bond donors (Lipinski definition) is 4. The minimum Gasteiger partial charge on any atom is -0.480 e. The molecule has 9 nitrogen and oxygen atoms in total. The van der Waals surface area contributed by atoms with Crippen molar-refractivity contribution in [1.82, 2.24) is 10.6 Å². The van der Waals surface area contributed by atoms with Crippen molar-refractivity contribution in [2.75, 3.05) is 13.2 Å². The fourth-order valence-corrected chi connectivity index (χ4v) is 6.89. The fraction of sp³-hybridized carbons (Fsp3) is 0.909. The van der Waals surface area contributed by atoms with Gasteiger partial charge < -0.3 is 25.6 Å². The van der Waals surface area contributed by atoms with Gasteiger partial charge in [0.2, 0.25) is 11.8 Å². The first kappa shape index (κ1) is 50.8. The smallest absolute Gasteiger partial charge is 0.328 e. The Morgan fingerprint density at radius 2 is 0.849 bits per heavy atom. The van der Waals surface area contributed by atoms with Gasteiger partial charge >= 0.3 is 11.9 Å². The monoisotopic (exact) mass is 753 g/mol. The third-order valence-corrected chi connectivity index (χ3v) is 10.4. The van der Waals surface area contributed by atoms with Gasteiger partial charge in [-0.3, -0.25) is 14.4 Å². The van der Waals surface area contributed by atoms with Crippen LogP contribution in [-0.2, 0) is 23.9 Å². The quantitative estimate of drug-likeness (QED) is 0.0360. The molecule has 0 aromatic carbocycles. The Morgan fingerprint density at radius 1 is 0.491 bits per heavy atom. The molecule has 0 saturated carbocycles. The number of amides is 2. The summed E-state index contributed by atoms with van der Waals surface area (Å²) in [7, 11) is 0. The zero-order valence-corrected chi connectivity index (χ0v) is 34.5. The summed E-state index contributed by atoms with van der Waals surface area (Å²) in [6, 6.07) is -1.38. The minimum atomic E-state index is -1.38. The lowest BCUT2D eigenvalue weighted by Crippen LogP contribution is -2.47. The van der Waals surface area contributed by atoms with Gasteiger partial charge in [0, 0.05) is 12.8 Å². The molecule has 0 spiro atoms. The van der Waals surface area contributed by atoms with Crippen LogP contribution in [0.3, 0.4) is 0 Å². The van der Waals surface area contributed by atoms with Crippen LogP contribution in [0, 0.1) is 0 Å². The Labute approximate surface area is 325 Å². The molecule has 0 rings (SSSR count). The van der Waals surface area contributed by atoms with E-state index in [2.05, 4.69) is 24.5 Å². The third kappa shape index (κ3) is 36.6. The van der Waals surface area contributed by atoms with Gasteiger partial charge in [-0.05, 0) is 38.5 Å². The number of carboxylic acids is 1. The van der Waals surface area contributed by atoms with Gasteiger partial charge in [0.15, 0.2) is 0 Å². The highest BCUT2D eigenvalue weighted by atomic mass is 16.5. The average molecular weight is 753 g/mol. The van der Waals surface area contributed by atoms with Crippen LogP contribution in [0.5, 0.6) is 0 Å². The van der Waals surface area contributed by atoms with E-state index in [4.69, 9.17) is 14.9 Å². The number of aliphatic carboxylic acids is 1. The van der Waals surface area contributed by atoms with Crippen LogP contribution in [-0.4, -0.2) is 59.3 Å². The molecule has 2 atom stereocenters. The molecule has 4 N–H and O–H groups in total. The van der Waals surface area contributed by atoms with Crippen LogP contribution in [0.25, 0.3) is 0 Å². The van der Waals surface area contributed by atoms with E-state index >= 15 is 0 Å². The van der Waals surface area contributed by atoms with Gasteiger partial charge in [-0.15, -0.1) is 0 Å². The van der Waals surface area contributed by atoms with E-state index in [1.807, 2.05) is 0 Å². The molecule has 0 radical (unpaired) electrons. The Kier molecular flexibility index (Phi) is 37.9. The molecule has 9 heteroatoms. The Bertz CT molecular complexity index is 869. The number of nitrogens with one attached hydrogen (secondary N) is 2. The van der Waals surface area contributed by atoms with Crippen LogP contribution >= 0.6 is 0 Å². The Morgan fingerprint density at radius 3 is 1.23 bits per heavy atom. The molecule has 53 heavy (non-hydrogen) atoms. The summed E-state index contributed by atoms with van der Waals surface area (Å²) in [6.45, 7) is 3.45. The van der Waals surface area contributed by atoms with Gasteiger partial charge in [0.1, 0.15) is 12.1 Å². The van der Waals surface area contributed by atoms with Crippen molar-refractivity contribution in [2.24, 2.45) is 0 Å². The van der Waals surface area contributed by atoms with Crippen molar-refractivity contribution < 1.29 is 34.1 Å². The van der Waals surface area contributed by atoms with Gasteiger partial charge in [-0.2, -0.15) is 0 Å². The molecule has 2 amide bonds. The first-order valence-electron chi connectivity index (χ1n) is 22.4. The molecule has 0 fully saturated rings. The minimum absolute atomic E-state index is 0.0330. The number of carbonyl (C=O) groups is 4. The molecule has 0 aliphatic rings. The highest BCUT2D eigenvalue weighted by Crippen LogP contribution is 2.19. The molecule has 0 heterocycles. The van der Waals surface area contributed by atoms with E-state index in [0.717, 1.165) is 51.4 Å². The molecule has 0 bridgehead atoms. The highest BCUT2D eigenvalue weighted by Gasteiger charge is 2.19. The van der Waals surface area contributed by atoms with Crippen molar-refractivity contribution >= 4 is 23.8 Å². The summed E-state index contributed by atoms with van der Waals surface area (Å²) in [5, 5.41) is 22.5. The summed E-state index contributed by atoms with van der Waals surface area (Å²) < 4.78 is 5.96. The molecular weight excluding hydrogens is 668 g/mol. The molecule has 0 saturated heterocycles. The van der Waals surface area contributed by atoms with E-state index in [0.29, 0.717) is 12.8 Å². The Hall–Kier alpha value is -2.16. The standard InChI is InChI=1S/C44H84N2O7/c1-3-5-7-9-10-11-12-13-14-15-16-17-18-19-20-21-22-23-24-26-32-36-43(50)53-39(33-29-25-8-6-4-2)34-30-27-28-31-35-41(48)45-37-42(49)46-40(38-47)44(51)52/h39-40,47H,3-38H2,1-2H3,(H,45,48)(H,46,49)(H,51,52). The Balaban J connectivity index is 3.92. The van der Waals surface area contributed by atoms with E-state index in [1.54, 1.807) is 0 Å². The lowest BCUT2D eigenvalue weighted by atomic mass is 10.0. The predicted octanol–water partition coefficient (Wildman–Crippen LogP) is 10.9. The number of aliphatic hydroxyl groups excluding tert-OH is 1. The van der Waals surface area contributed by atoms with Crippen LogP contribution in [0.1, 0.15) is 232 Å². The van der Waals surface area contributed by atoms with E-state index < -0.39 is 24.5 Å². The maximum absolute atomic E-state index is 12.7. The van der Waals surface area contributed by atoms with Crippen molar-refractivity contribution in [3.63, 3.8) is 0 Å². The lowest BCUT2D eigenvalue weighted by Gasteiger charge is -2.18. The summed E-state index contributed by atoms with van der Waals surface area (Å²) in [5.74, 6) is -2.32. The number of carboxylic acid groups (broad SMARTS) is 1. The maximum atomic E-state index is 12.7. The maximum Gasteiger partial charge on any atom is 0.328 e. The first-order chi connectivity index (χ1) is 25.8. The summed E-state index contributed by atoms with van der Waals surface area (Å²) >= 11 is 0. The number of hydrogen-bond acceptors (Lipinski definition) is 6. The zero-order valence-electron chi connectivity index (χ0n) is 34.5. The molecule has 0 aromatic rings. The summed E-state index contributed by atoms with van der Waals surface area (Å²) in [5.41, 5.74) is 0. The molecule has 2 unspecified atom stereocenters. The van der Waals surface area contributed by atoms with E-state index in [-0.39, 0.29) is 30.9 Å². The number of carbonyl (C=O) groups excluding carboxylic acids is 3.